The molecule has 15 nitrogen and oxygen atoms in total. The van der Waals surface area contributed by atoms with Crippen LogP contribution in [0.15, 0.2) is 0 Å². The number of carbonyl (C=O) groups is 3. The summed E-state index contributed by atoms with van der Waals surface area (Å²) in [5.41, 5.74) is 0. The Bertz CT molecular complexity index is 874. The molecule has 1 saturated heterocycles. The largest absolute Gasteiger partial charge is 0.481 e. The minimum Gasteiger partial charge on any atom is -0.481 e. The first-order chi connectivity index (χ1) is 22.4. The molecule has 19 heteroatoms. The number of hydrogen-bond donors (Lipinski definition) is 7. The van der Waals surface area contributed by atoms with Crippen LogP contribution in [0.25, 0.3) is 0 Å². The summed E-state index contributed by atoms with van der Waals surface area (Å²) in [5.74, 6) is -1.95. The molecule has 47 heavy (non-hydrogen) atoms. The van der Waals surface area contributed by atoms with Gasteiger partial charge in [0.25, 0.3) is 0 Å². The quantitative estimate of drug-likeness (QED) is 0.0749. The minimum absolute atomic E-state index is 0.0143. The average Bonchev–Trinajstić information content (AvgIpc) is 3.01. The van der Waals surface area contributed by atoms with Crippen LogP contribution in [-0.4, -0.2) is 176 Å². The lowest BCUT2D eigenvalue weighted by atomic mass is 10.3. The molecule has 1 amide bonds. The molecule has 0 aromatic heterocycles. The van der Waals surface area contributed by atoms with Crippen LogP contribution in [0.1, 0.15) is 52.4 Å². The first-order valence-corrected chi connectivity index (χ1v) is 22.8. The van der Waals surface area contributed by atoms with Gasteiger partial charge in [0.2, 0.25) is 5.91 Å². The van der Waals surface area contributed by atoms with Gasteiger partial charge >= 0.3 is 11.9 Å². The number of amides is 1. The smallest absolute Gasteiger partial charge is 0.303 e. The lowest BCUT2D eigenvalue weighted by Crippen LogP contribution is -2.46. The fourth-order valence-electron chi connectivity index (χ4n) is 4.70. The van der Waals surface area contributed by atoms with Crippen molar-refractivity contribution in [2.75, 3.05) is 109 Å². The molecule has 4 unspecified atom stereocenters. The van der Waals surface area contributed by atoms with Crippen LogP contribution in [0, 0.1) is 0 Å². The number of carboxylic acid groups (broad SMARTS) is 2. The van der Waals surface area contributed by atoms with Crippen LogP contribution in [0.2, 0.25) is 0 Å². The lowest BCUT2D eigenvalue weighted by Gasteiger charge is -2.35. The zero-order valence-electron chi connectivity index (χ0n) is 28.2. The Morgan fingerprint density at radius 3 is 1.55 bits per heavy atom. The monoisotopic (exact) mass is 749 g/mol. The van der Waals surface area contributed by atoms with Gasteiger partial charge in [-0.3, -0.25) is 34.0 Å². The predicted molar refractivity (Wildman–Crippen MR) is 190 cm³/mol. The Balaban J connectivity index is 3.04. The van der Waals surface area contributed by atoms with Gasteiger partial charge in [0.05, 0.1) is 6.42 Å². The van der Waals surface area contributed by atoms with Gasteiger partial charge in [-0.05, 0) is 25.2 Å². The first kappa shape index (κ1) is 44.8. The minimum atomic E-state index is -1.91. The maximum atomic E-state index is 12.1. The predicted octanol–water partition coefficient (Wildman–Crippen LogP) is 2.19. The zero-order valence-corrected chi connectivity index (χ0v) is 31.7. The number of nitrogens with zero attached hydrogens (tertiary/aromatic N) is 4. The van der Waals surface area contributed by atoms with E-state index < -0.39 is 44.8 Å². The number of rotatable bonds is 23. The van der Waals surface area contributed by atoms with Crippen LogP contribution in [0.4, 0.5) is 0 Å². The van der Waals surface area contributed by atoms with Gasteiger partial charge in [0.15, 0.2) is 8.38 Å². The lowest BCUT2D eigenvalue weighted by molar-refractivity contribution is -0.137. The van der Waals surface area contributed by atoms with Crippen LogP contribution in [-0.2, 0) is 18.9 Å². The van der Waals surface area contributed by atoms with E-state index in [1.807, 2.05) is 18.7 Å². The van der Waals surface area contributed by atoms with Crippen molar-refractivity contribution in [3.05, 3.63) is 0 Å². The normalized spacial score (nSPS) is 19.3. The number of nitrogens with one attached hydrogen (secondary N) is 1. The molecule has 0 radical (unpaired) electrons. The van der Waals surface area contributed by atoms with Crippen molar-refractivity contribution in [3.63, 3.8) is 0 Å². The summed E-state index contributed by atoms with van der Waals surface area (Å²) in [6.45, 7) is 9.60. The van der Waals surface area contributed by atoms with E-state index in [0.717, 1.165) is 19.0 Å². The molecule has 4 atom stereocenters. The van der Waals surface area contributed by atoms with E-state index in [9.17, 15) is 34.0 Å². The van der Waals surface area contributed by atoms with Crippen molar-refractivity contribution >= 4 is 50.7 Å². The average molecular weight is 750 g/mol. The second-order valence-electron chi connectivity index (χ2n) is 11.7. The molecule has 276 valence electrons. The summed E-state index contributed by atoms with van der Waals surface area (Å²) in [4.78, 5) is 85.3. The Morgan fingerprint density at radius 2 is 1.09 bits per heavy atom. The van der Waals surface area contributed by atoms with Gasteiger partial charge in [0.1, 0.15) is 6.73 Å². The summed E-state index contributed by atoms with van der Waals surface area (Å²) in [6, 6.07) is 0. The van der Waals surface area contributed by atoms with E-state index in [1.165, 1.54) is 0 Å². The fraction of sp³-hybridized carbons (Fsp3) is 0.893. The number of carbonyl (C=O) groups excluding carboxylic acids is 1. The fourth-order valence-corrected chi connectivity index (χ4v) is 9.66. The van der Waals surface area contributed by atoms with Gasteiger partial charge in [-0.15, -0.1) is 0 Å². The molecule has 0 aliphatic carbocycles. The van der Waals surface area contributed by atoms with Crippen molar-refractivity contribution in [1.82, 2.24) is 24.9 Å². The van der Waals surface area contributed by atoms with E-state index >= 15 is 0 Å². The molecule has 1 rings (SSSR count). The Kier molecular flexibility index (Phi) is 26.2. The number of carboxylic acids is 2. The molecule has 1 aliphatic rings. The summed E-state index contributed by atoms with van der Waals surface area (Å²) in [6.07, 6.45) is 5.30. The molecule has 0 aromatic carbocycles. The second-order valence-corrected chi connectivity index (χ2v) is 18.3. The molecule has 1 fully saturated rings. The summed E-state index contributed by atoms with van der Waals surface area (Å²) >= 11 is 0. The molecule has 0 aromatic rings. The topological polar surface area (TPSA) is 207 Å². The van der Waals surface area contributed by atoms with E-state index in [0.29, 0.717) is 96.5 Å². The summed E-state index contributed by atoms with van der Waals surface area (Å²) in [5, 5.41) is 20.8. The molecule has 0 saturated carbocycles. The molecule has 1 aliphatic heterocycles. The highest BCUT2D eigenvalue weighted by Crippen LogP contribution is 2.35. The van der Waals surface area contributed by atoms with E-state index in [-0.39, 0.29) is 38.1 Å². The molecule has 7 N–H and O–H groups in total. The molecular weight excluding hydrogens is 690 g/mol. The second kappa shape index (κ2) is 27.5. The van der Waals surface area contributed by atoms with Crippen molar-refractivity contribution in [1.29, 1.82) is 0 Å². The Hall–Kier alpha value is -0.230. The van der Waals surface area contributed by atoms with Crippen molar-refractivity contribution in [2.45, 2.75) is 52.4 Å². The van der Waals surface area contributed by atoms with Crippen molar-refractivity contribution in [3.8, 4) is 0 Å². The summed E-state index contributed by atoms with van der Waals surface area (Å²) in [7, 11) is -5.88. The third kappa shape index (κ3) is 24.5. The number of aliphatic carboxylic acids is 2. The Morgan fingerprint density at radius 1 is 0.617 bits per heavy atom. The van der Waals surface area contributed by atoms with Gasteiger partial charge in [-0.2, -0.15) is 0 Å². The van der Waals surface area contributed by atoms with Crippen LogP contribution >= 0.6 is 32.8 Å². The van der Waals surface area contributed by atoms with Crippen LogP contribution in [0.3, 0.4) is 0 Å². The maximum absolute atomic E-state index is 12.1. The van der Waals surface area contributed by atoms with Crippen molar-refractivity contribution in [2.24, 2.45) is 0 Å². The highest BCUT2D eigenvalue weighted by atomic mass is 31.2. The SMILES string of the molecule is CCCNC(=O)CCP(O)CN1CCN(COP(O)CCC(=O)O)CCN(CP(O)CCCC(=O)O)CCN(CP(O)CCC)CC1. The van der Waals surface area contributed by atoms with Gasteiger partial charge in [-0.25, -0.2) is 0 Å². The van der Waals surface area contributed by atoms with Crippen LogP contribution < -0.4 is 5.32 Å². The molecule has 0 bridgehead atoms. The molecule has 1 heterocycles. The van der Waals surface area contributed by atoms with Gasteiger partial charge in [-0.1, -0.05) is 20.3 Å². The van der Waals surface area contributed by atoms with E-state index in [4.69, 9.17) is 14.7 Å². The first-order valence-electron chi connectivity index (χ1n) is 16.4. The maximum Gasteiger partial charge on any atom is 0.303 e. The third-order valence-corrected chi connectivity index (χ3v) is 13.1. The number of hydrogen-bond acceptors (Lipinski definition) is 12. The van der Waals surface area contributed by atoms with E-state index in [1.54, 1.807) is 0 Å². The molecule has 0 spiro atoms. The van der Waals surface area contributed by atoms with Crippen molar-refractivity contribution < 1.29 is 48.7 Å². The highest BCUT2D eigenvalue weighted by molar-refractivity contribution is 7.52. The van der Waals surface area contributed by atoms with Crippen LogP contribution in [0.5, 0.6) is 0 Å². The van der Waals surface area contributed by atoms with Gasteiger partial charge < -0.3 is 39.6 Å². The summed E-state index contributed by atoms with van der Waals surface area (Å²) < 4.78 is 5.67. The van der Waals surface area contributed by atoms with E-state index in [2.05, 4.69) is 20.0 Å². The zero-order chi connectivity index (χ0) is 35.0. The highest BCUT2D eigenvalue weighted by Gasteiger charge is 2.22. The standard InChI is InChI=1S/C28H59N5O10P4/c1-3-9-29-26(34)7-20-46(41)25-32-13-11-30(22-43-47(42)21-8-28(37)38)10-12-31(24-45(40)19-5-6-27(35)36)14-16-33(17-15-32)23-44(39)18-4-2/h39-42H,3-25H2,1-2H3,(H,29,34)(H,35,36)(H,37,38). The molecular formula is C28H59N5O10P4. The van der Waals surface area contributed by atoms with Gasteiger partial charge in [0, 0.05) is 127 Å². The third-order valence-electron chi connectivity index (χ3n) is 7.38. The Labute approximate surface area is 285 Å².